The van der Waals surface area contributed by atoms with Crippen LogP contribution in [0.3, 0.4) is 0 Å². The fourth-order valence-corrected chi connectivity index (χ4v) is 3.03. The summed E-state index contributed by atoms with van der Waals surface area (Å²) in [7, 11) is 0. The van der Waals surface area contributed by atoms with Gasteiger partial charge in [0.05, 0.1) is 5.69 Å². The minimum atomic E-state index is 0.694. The minimum Gasteiger partial charge on any atom is -0.211 e. The number of benzene rings is 1. The van der Waals surface area contributed by atoms with Crippen LogP contribution in [0.2, 0.25) is 0 Å². The van der Waals surface area contributed by atoms with Crippen LogP contribution in [0.15, 0.2) is 51.7 Å². The molecular weight excluding hydrogens is 238 g/mol. The molecule has 2 aromatic rings. The van der Waals surface area contributed by atoms with Crippen LogP contribution in [-0.2, 0) is 10.5 Å². The Bertz CT molecular complexity index is 501. The van der Waals surface area contributed by atoms with E-state index in [2.05, 4.69) is 16.4 Å². The second-order valence-corrected chi connectivity index (χ2v) is 5.09. The summed E-state index contributed by atoms with van der Waals surface area (Å²) in [6, 6.07) is 11.7. The molecule has 0 saturated carbocycles. The van der Waals surface area contributed by atoms with E-state index >= 15 is 0 Å². The number of hydrogen-bond donors (Lipinski definition) is 0. The maximum Gasteiger partial charge on any atom is 0.240 e. The maximum atomic E-state index is 10.3. The standard InChI is InChI=1S/C12H9NOS2/c14-9-13-11-5-1-2-6-12(11)16-8-10-4-3-7-15-10/h1-7H,8H2. The van der Waals surface area contributed by atoms with Crippen LogP contribution in [0, 0.1) is 0 Å². The fourth-order valence-electron chi connectivity index (χ4n) is 1.26. The van der Waals surface area contributed by atoms with Gasteiger partial charge < -0.3 is 0 Å². The van der Waals surface area contributed by atoms with Crippen LogP contribution >= 0.6 is 23.1 Å². The number of nitrogens with zero attached hydrogens (tertiary/aromatic N) is 1. The Kier molecular flexibility index (Phi) is 3.94. The number of para-hydroxylation sites is 1. The van der Waals surface area contributed by atoms with E-state index < -0.39 is 0 Å². The lowest BCUT2D eigenvalue weighted by atomic mass is 10.3. The van der Waals surface area contributed by atoms with Crippen molar-refractivity contribution in [1.29, 1.82) is 0 Å². The quantitative estimate of drug-likeness (QED) is 0.464. The first-order valence-electron chi connectivity index (χ1n) is 4.72. The van der Waals surface area contributed by atoms with Crippen molar-refractivity contribution in [3.05, 3.63) is 46.7 Å². The zero-order chi connectivity index (χ0) is 11.2. The number of rotatable bonds is 4. The largest absolute Gasteiger partial charge is 0.240 e. The first-order valence-corrected chi connectivity index (χ1v) is 6.59. The molecule has 0 atom stereocenters. The van der Waals surface area contributed by atoms with Crippen LogP contribution in [-0.4, -0.2) is 6.08 Å². The fraction of sp³-hybridized carbons (Fsp3) is 0.0833. The summed E-state index contributed by atoms with van der Waals surface area (Å²) in [5, 5.41) is 2.06. The number of thiophene rings is 1. The number of carbonyl (C=O) groups excluding carboxylic acids is 1. The van der Waals surface area contributed by atoms with E-state index in [4.69, 9.17) is 0 Å². The highest BCUT2D eigenvalue weighted by atomic mass is 32.2. The SMILES string of the molecule is O=C=Nc1ccccc1SCc1cccs1. The van der Waals surface area contributed by atoms with Gasteiger partial charge in [0.25, 0.3) is 0 Å². The van der Waals surface area contributed by atoms with E-state index in [-0.39, 0.29) is 0 Å². The second-order valence-electron chi connectivity index (χ2n) is 3.04. The van der Waals surface area contributed by atoms with E-state index in [0.29, 0.717) is 5.69 Å². The third-order valence-electron chi connectivity index (χ3n) is 1.98. The lowest BCUT2D eigenvalue weighted by Crippen LogP contribution is -1.76. The Morgan fingerprint density at radius 1 is 1.25 bits per heavy atom. The molecule has 0 bridgehead atoms. The monoisotopic (exact) mass is 247 g/mol. The van der Waals surface area contributed by atoms with Crippen molar-refractivity contribution in [2.75, 3.05) is 0 Å². The first kappa shape index (κ1) is 11.1. The number of thioether (sulfide) groups is 1. The number of aliphatic imine (C=N–C) groups is 1. The summed E-state index contributed by atoms with van der Waals surface area (Å²) in [5.74, 6) is 0.906. The molecule has 0 unspecified atom stereocenters. The molecule has 1 heterocycles. The van der Waals surface area contributed by atoms with Crippen molar-refractivity contribution in [3.8, 4) is 0 Å². The summed E-state index contributed by atoms with van der Waals surface area (Å²) in [6.45, 7) is 0. The van der Waals surface area contributed by atoms with Crippen LogP contribution in [0.1, 0.15) is 4.88 Å². The average molecular weight is 247 g/mol. The van der Waals surface area contributed by atoms with Gasteiger partial charge in [0.2, 0.25) is 6.08 Å². The zero-order valence-corrected chi connectivity index (χ0v) is 10.1. The van der Waals surface area contributed by atoms with Crippen molar-refractivity contribution < 1.29 is 4.79 Å². The molecule has 0 aliphatic heterocycles. The van der Waals surface area contributed by atoms with Gasteiger partial charge in [-0.05, 0) is 23.6 Å². The minimum absolute atomic E-state index is 0.694. The van der Waals surface area contributed by atoms with Gasteiger partial charge in [-0.1, -0.05) is 18.2 Å². The Labute approximate surface area is 102 Å². The molecule has 4 heteroatoms. The molecule has 2 rings (SSSR count). The molecular formula is C12H9NOS2. The van der Waals surface area contributed by atoms with Crippen molar-refractivity contribution in [3.63, 3.8) is 0 Å². The Morgan fingerprint density at radius 3 is 2.88 bits per heavy atom. The Morgan fingerprint density at radius 2 is 2.12 bits per heavy atom. The van der Waals surface area contributed by atoms with Gasteiger partial charge in [-0.3, -0.25) is 0 Å². The van der Waals surface area contributed by atoms with E-state index in [0.717, 1.165) is 10.6 Å². The average Bonchev–Trinajstić information content (AvgIpc) is 2.81. The predicted octanol–water partition coefficient (Wildman–Crippen LogP) is 4.01. The van der Waals surface area contributed by atoms with Crippen LogP contribution in [0.4, 0.5) is 5.69 Å². The summed E-state index contributed by atoms with van der Waals surface area (Å²) < 4.78 is 0. The van der Waals surface area contributed by atoms with Crippen LogP contribution < -0.4 is 0 Å². The lowest BCUT2D eigenvalue weighted by Gasteiger charge is -2.02. The Balaban J connectivity index is 2.12. The molecule has 0 fully saturated rings. The third-order valence-corrected chi connectivity index (χ3v) is 4.15. The Hall–Kier alpha value is -1.35. The summed E-state index contributed by atoms with van der Waals surface area (Å²) in [4.78, 5) is 16.3. The first-order chi connectivity index (χ1) is 7.90. The molecule has 0 spiro atoms. The molecule has 0 N–H and O–H groups in total. The van der Waals surface area contributed by atoms with Crippen LogP contribution in [0.5, 0.6) is 0 Å². The van der Waals surface area contributed by atoms with Gasteiger partial charge in [0.1, 0.15) is 0 Å². The molecule has 0 radical (unpaired) electrons. The molecule has 1 aromatic heterocycles. The highest BCUT2D eigenvalue weighted by molar-refractivity contribution is 7.98. The van der Waals surface area contributed by atoms with E-state index in [1.54, 1.807) is 29.2 Å². The number of isocyanates is 1. The van der Waals surface area contributed by atoms with Crippen LogP contribution in [0.25, 0.3) is 0 Å². The molecule has 0 aliphatic carbocycles. The van der Waals surface area contributed by atoms with E-state index in [1.165, 1.54) is 4.88 Å². The maximum absolute atomic E-state index is 10.3. The van der Waals surface area contributed by atoms with E-state index in [9.17, 15) is 4.79 Å². The third kappa shape index (κ3) is 2.83. The predicted molar refractivity (Wildman–Crippen MR) is 68.1 cm³/mol. The molecule has 0 saturated heterocycles. The highest BCUT2D eigenvalue weighted by Crippen LogP contribution is 2.32. The van der Waals surface area contributed by atoms with Gasteiger partial charge in [0, 0.05) is 15.5 Å². The summed E-state index contributed by atoms with van der Waals surface area (Å²) in [6.07, 6.45) is 1.58. The zero-order valence-electron chi connectivity index (χ0n) is 8.42. The van der Waals surface area contributed by atoms with E-state index in [1.807, 2.05) is 30.3 Å². The molecule has 1 aromatic carbocycles. The smallest absolute Gasteiger partial charge is 0.211 e. The van der Waals surface area contributed by atoms with Gasteiger partial charge in [-0.25, -0.2) is 4.79 Å². The molecule has 80 valence electrons. The van der Waals surface area contributed by atoms with Gasteiger partial charge in [0.15, 0.2) is 0 Å². The molecule has 0 amide bonds. The van der Waals surface area contributed by atoms with Crippen molar-refractivity contribution in [2.24, 2.45) is 4.99 Å². The van der Waals surface area contributed by atoms with Crippen molar-refractivity contribution in [1.82, 2.24) is 0 Å². The summed E-state index contributed by atoms with van der Waals surface area (Å²) >= 11 is 3.42. The topological polar surface area (TPSA) is 29.4 Å². The van der Waals surface area contributed by atoms with Crippen molar-refractivity contribution in [2.45, 2.75) is 10.6 Å². The van der Waals surface area contributed by atoms with Gasteiger partial charge >= 0.3 is 0 Å². The van der Waals surface area contributed by atoms with Crippen molar-refractivity contribution >= 4 is 34.9 Å². The molecule has 2 nitrogen and oxygen atoms in total. The molecule has 16 heavy (non-hydrogen) atoms. The summed E-state index contributed by atoms with van der Waals surface area (Å²) in [5.41, 5.74) is 0.694. The second kappa shape index (κ2) is 5.66. The lowest BCUT2D eigenvalue weighted by molar-refractivity contribution is 0.565. The molecule has 0 aliphatic rings. The van der Waals surface area contributed by atoms with Gasteiger partial charge in [-0.15, -0.1) is 23.1 Å². The number of hydrogen-bond acceptors (Lipinski definition) is 4. The van der Waals surface area contributed by atoms with Gasteiger partial charge in [-0.2, -0.15) is 4.99 Å². The normalized spacial score (nSPS) is 9.75. The highest BCUT2D eigenvalue weighted by Gasteiger charge is 2.02.